The van der Waals surface area contributed by atoms with Crippen molar-refractivity contribution in [3.63, 3.8) is 0 Å². The summed E-state index contributed by atoms with van der Waals surface area (Å²) >= 11 is 1.65. The highest BCUT2D eigenvalue weighted by Gasteiger charge is 2.28. The van der Waals surface area contributed by atoms with E-state index >= 15 is 0 Å². The molecule has 2 aromatic rings. The Morgan fingerprint density at radius 3 is 2.36 bits per heavy atom. The zero-order valence-corrected chi connectivity index (χ0v) is 16.9. The van der Waals surface area contributed by atoms with Crippen molar-refractivity contribution in [3.8, 4) is 0 Å². The Bertz CT molecular complexity index is 869. The zero-order valence-electron chi connectivity index (χ0n) is 16.1. The molecule has 2 aliphatic rings. The number of nitrogens with zero attached hydrogens (tertiary/aromatic N) is 2. The monoisotopic (exact) mass is 400 g/mol. The Balaban J connectivity index is 1.37. The van der Waals surface area contributed by atoms with E-state index in [1.54, 1.807) is 16.2 Å². The summed E-state index contributed by atoms with van der Waals surface area (Å²) < 4.78 is 13.1. The molecule has 1 saturated heterocycles. The number of aryl methyl sites for hydroxylation is 1. The number of carbonyl (C=O) groups excluding carboxylic acids is 2. The summed E-state index contributed by atoms with van der Waals surface area (Å²) in [6.45, 7) is 4.31. The van der Waals surface area contributed by atoms with Crippen LogP contribution in [0.5, 0.6) is 0 Å². The largest absolute Gasteiger partial charge is 0.335 e. The quantitative estimate of drug-likeness (QED) is 0.781. The van der Waals surface area contributed by atoms with Gasteiger partial charge in [-0.25, -0.2) is 4.39 Å². The fourth-order valence-corrected chi connectivity index (χ4v) is 5.27. The second-order valence-electron chi connectivity index (χ2n) is 7.67. The summed E-state index contributed by atoms with van der Waals surface area (Å²) in [5, 5.41) is 0. The van der Waals surface area contributed by atoms with Crippen LogP contribution in [0.25, 0.3) is 0 Å². The predicted octanol–water partition coefficient (Wildman–Crippen LogP) is 4.00. The van der Waals surface area contributed by atoms with Crippen LogP contribution >= 0.6 is 11.3 Å². The zero-order chi connectivity index (χ0) is 19.7. The molecule has 1 atom stereocenters. The van der Waals surface area contributed by atoms with E-state index in [2.05, 4.69) is 13.0 Å². The number of halogens is 1. The SMILES string of the molecule is CCC1CCc2sc(C(=O)N3CCN(C(=O)c4ccc(F)cc4)CC3)cc2C1. The van der Waals surface area contributed by atoms with E-state index in [9.17, 15) is 14.0 Å². The maximum Gasteiger partial charge on any atom is 0.264 e. The van der Waals surface area contributed by atoms with Crippen LogP contribution in [-0.2, 0) is 12.8 Å². The summed E-state index contributed by atoms with van der Waals surface area (Å²) in [4.78, 5) is 31.3. The average molecular weight is 401 g/mol. The number of carbonyl (C=O) groups is 2. The molecule has 6 heteroatoms. The molecule has 2 amide bonds. The minimum absolute atomic E-state index is 0.0846. The Morgan fingerprint density at radius 2 is 1.71 bits per heavy atom. The molecule has 28 heavy (non-hydrogen) atoms. The van der Waals surface area contributed by atoms with Gasteiger partial charge in [-0.05, 0) is 61.1 Å². The van der Waals surface area contributed by atoms with Gasteiger partial charge in [-0.15, -0.1) is 11.3 Å². The Kier molecular flexibility index (Phi) is 5.49. The number of benzene rings is 1. The lowest BCUT2D eigenvalue weighted by Gasteiger charge is -2.34. The average Bonchev–Trinajstić information content (AvgIpc) is 3.16. The van der Waals surface area contributed by atoms with Crippen molar-refractivity contribution in [2.24, 2.45) is 5.92 Å². The fraction of sp³-hybridized carbons (Fsp3) is 0.455. The first-order chi connectivity index (χ1) is 13.5. The van der Waals surface area contributed by atoms with Crippen molar-refractivity contribution < 1.29 is 14.0 Å². The number of amides is 2. The lowest BCUT2D eigenvalue weighted by Crippen LogP contribution is -2.50. The molecule has 1 aromatic heterocycles. The van der Waals surface area contributed by atoms with E-state index in [-0.39, 0.29) is 17.6 Å². The number of fused-ring (bicyclic) bond motifs is 1. The number of thiophene rings is 1. The van der Waals surface area contributed by atoms with Crippen LogP contribution in [0.1, 0.15) is 50.2 Å². The highest BCUT2D eigenvalue weighted by molar-refractivity contribution is 7.14. The summed E-state index contributed by atoms with van der Waals surface area (Å²) in [6.07, 6.45) is 4.60. The van der Waals surface area contributed by atoms with Gasteiger partial charge < -0.3 is 9.80 Å². The Hall–Kier alpha value is -2.21. The van der Waals surface area contributed by atoms with Gasteiger partial charge in [-0.2, -0.15) is 0 Å². The molecule has 2 heterocycles. The van der Waals surface area contributed by atoms with E-state index < -0.39 is 0 Å². The fourth-order valence-electron chi connectivity index (χ4n) is 4.10. The van der Waals surface area contributed by atoms with E-state index in [1.165, 1.54) is 47.5 Å². The molecule has 0 bridgehead atoms. The van der Waals surface area contributed by atoms with Crippen LogP contribution in [-0.4, -0.2) is 47.8 Å². The molecule has 148 valence electrons. The molecule has 1 aliphatic heterocycles. The van der Waals surface area contributed by atoms with E-state index in [0.717, 1.165) is 23.6 Å². The lowest BCUT2D eigenvalue weighted by atomic mass is 9.87. The molecule has 0 radical (unpaired) electrons. The highest BCUT2D eigenvalue weighted by Crippen LogP contribution is 2.34. The van der Waals surface area contributed by atoms with Crippen LogP contribution in [0.2, 0.25) is 0 Å². The first kappa shape index (κ1) is 19.1. The van der Waals surface area contributed by atoms with Crippen molar-refractivity contribution in [2.45, 2.75) is 32.6 Å². The molecule has 1 fully saturated rings. The van der Waals surface area contributed by atoms with Gasteiger partial charge in [-0.1, -0.05) is 13.3 Å². The number of piperazine rings is 1. The van der Waals surface area contributed by atoms with Gasteiger partial charge in [0.05, 0.1) is 4.88 Å². The predicted molar refractivity (Wildman–Crippen MR) is 108 cm³/mol. The Labute approximate surface area is 169 Å². The number of hydrogen-bond donors (Lipinski definition) is 0. The second kappa shape index (κ2) is 8.03. The van der Waals surface area contributed by atoms with Crippen molar-refractivity contribution in [1.82, 2.24) is 9.80 Å². The molecule has 1 aliphatic carbocycles. The third-order valence-electron chi connectivity index (χ3n) is 5.92. The molecule has 1 unspecified atom stereocenters. The van der Waals surface area contributed by atoms with E-state index in [4.69, 9.17) is 0 Å². The molecule has 4 nitrogen and oxygen atoms in total. The third kappa shape index (κ3) is 3.83. The summed E-state index contributed by atoms with van der Waals surface area (Å²) in [5.41, 5.74) is 1.84. The van der Waals surface area contributed by atoms with Gasteiger partial charge in [0.15, 0.2) is 0 Å². The number of hydrogen-bond acceptors (Lipinski definition) is 3. The van der Waals surface area contributed by atoms with Gasteiger partial charge >= 0.3 is 0 Å². The van der Waals surface area contributed by atoms with Gasteiger partial charge in [-0.3, -0.25) is 9.59 Å². The van der Waals surface area contributed by atoms with Crippen LogP contribution in [0.4, 0.5) is 4.39 Å². The van der Waals surface area contributed by atoms with Crippen molar-refractivity contribution in [3.05, 3.63) is 57.0 Å². The van der Waals surface area contributed by atoms with Gasteiger partial charge in [0, 0.05) is 36.6 Å². The minimum atomic E-state index is -0.351. The van der Waals surface area contributed by atoms with E-state index in [1.807, 2.05) is 4.90 Å². The van der Waals surface area contributed by atoms with Crippen LogP contribution in [0, 0.1) is 11.7 Å². The lowest BCUT2D eigenvalue weighted by molar-refractivity contribution is 0.0538. The maximum absolute atomic E-state index is 13.1. The number of rotatable bonds is 3. The molecule has 0 saturated carbocycles. The second-order valence-corrected chi connectivity index (χ2v) is 8.80. The molecule has 0 spiro atoms. The Morgan fingerprint density at radius 1 is 1.07 bits per heavy atom. The summed E-state index contributed by atoms with van der Waals surface area (Å²) in [5.74, 6) is 0.368. The van der Waals surface area contributed by atoms with Crippen LogP contribution in [0.15, 0.2) is 30.3 Å². The third-order valence-corrected chi connectivity index (χ3v) is 7.14. The van der Waals surface area contributed by atoms with Gasteiger partial charge in [0.1, 0.15) is 5.82 Å². The van der Waals surface area contributed by atoms with Crippen LogP contribution < -0.4 is 0 Å². The van der Waals surface area contributed by atoms with Crippen molar-refractivity contribution in [2.75, 3.05) is 26.2 Å². The minimum Gasteiger partial charge on any atom is -0.335 e. The molecule has 1 aromatic carbocycles. The molecule has 0 N–H and O–H groups in total. The first-order valence-corrected chi connectivity index (χ1v) is 10.8. The molecular weight excluding hydrogens is 375 g/mol. The maximum atomic E-state index is 13.1. The summed E-state index contributed by atoms with van der Waals surface area (Å²) in [6, 6.07) is 7.72. The molecular formula is C22H25FN2O2S. The van der Waals surface area contributed by atoms with Gasteiger partial charge in [0.25, 0.3) is 11.8 Å². The smallest absolute Gasteiger partial charge is 0.264 e. The van der Waals surface area contributed by atoms with Crippen molar-refractivity contribution in [1.29, 1.82) is 0 Å². The normalized spacial score (nSPS) is 19.4. The molecule has 4 rings (SSSR count). The van der Waals surface area contributed by atoms with Crippen LogP contribution in [0.3, 0.4) is 0 Å². The summed E-state index contributed by atoms with van der Waals surface area (Å²) in [7, 11) is 0. The highest BCUT2D eigenvalue weighted by atomic mass is 32.1. The van der Waals surface area contributed by atoms with Gasteiger partial charge in [0.2, 0.25) is 0 Å². The van der Waals surface area contributed by atoms with E-state index in [0.29, 0.717) is 31.7 Å². The first-order valence-electron chi connectivity index (χ1n) is 10.0. The topological polar surface area (TPSA) is 40.6 Å². The standard InChI is InChI=1S/C22H25FN2O2S/c1-2-15-3-8-19-17(13-15)14-20(28-19)22(27)25-11-9-24(10-12-25)21(26)16-4-6-18(23)7-5-16/h4-7,14-15H,2-3,8-13H2,1H3. The van der Waals surface area contributed by atoms with Crippen molar-refractivity contribution >= 4 is 23.2 Å².